The van der Waals surface area contributed by atoms with Crippen LogP contribution in [-0.4, -0.2) is 33.6 Å². The second kappa shape index (κ2) is 6.36. The summed E-state index contributed by atoms with van der Waals surface area (Å²) in [5, 5.41) is 3.32. The molecule has 20 heavy (non-hydrogen) atoms. The Labute approximate surface area is 119 Å². The first-order valence-electron chi connectivity index (χ1n) is 6.78. The zero-order valence-electron chi connectivity index (χ0n) is 12.5. The molecule has 108 valence electrons. The second-order valence-electron chi connectivity index (χ2n) is 5.44. The molecule has 0 saturated heterocycles. The molecule has 6 heteroatoms. The standard InChI is InChI=1S/C14H22N6/c1-11(2)8-20-10-15-6-12(20)7-16-13-5-14(19(3)4)18-9-17-13/h5-6,9-11H,7-8H2,1-4H3,(H,16,17,18). The average molecular weight is 274 g/mol. The molecule has 2 aromatic rings. The summed E-state index contributed by atoms with van der Waals surface area (Å²) in [5.41, 5.74) is 1.16. The van der Waals surface area contributed by atoms with Crippen molar-refractivity contribution >= 4 is 11.6 Å². The third kappa shape index (κ3) is 3.69. The SMILES string of the molecule is CC(C)Cn1cncc1CNc1cc(N(C)C)ncn1. The van der Waals surface area contributed by atoms with Crippen molar-refractivity contribution in [1.29, 1.82) is 0 Å². The summed E-state index contributed by atoms with van der Waals surface area (Å²) < 4.78 is 2.17. The lowest BCUT2D eigenvalue weighted by Crippen LogP contribution is -2.13. The van der Waals surface area contributed by atoms with Crippen LogP contribution in [0, 0.1) is 5.92 Å². The van der Waals surface area contributed by atoms with Crippen LogP contribution in [0.3, 0.4) is 0 Å². The Balaban J connectivity index is 2.02. The van der Waals surface area contributed by atoms with E-state index < -0.39 is 0 Å². The van der Waals surface area contributed by atoms with Crippen LogP contribution in [0.1, 0.15) is 19.5 Å². The molecule has 0 bridgehead atoms. The van der Waals surface area contributed by atoms with Gasteiger partial charge in [-0.25, -0.2) is 15.0 Å². The Morgan fingerprint density at radius 1 is 1.30 bits per heavy atom. The van der Waals surface area contributed by atoms with E-state index in [0.29, 0.717) is 12.5 Å². The highest BCUT2D eigenvalue weighted by molar-refractivity contribution is 5.47. The summed E-state index contributed by atoms with van der Waals surface area (Å²) in [6, 6.07) is 1.93. The van der Waals surface area contributed by atoms with Crippen molar-refractivity contribution in [3.8, 4) is 0 Å². The first-order valence-corrected chi connectivity index (χ1v) is 6.78. The van der Waals surface area contributed by atoms with Crippen LogP contribution in [0.4, 0.5) is 11.6 Å². The normalized spacial score (nSPS) is 10.8. The number of anilines is 2. The van der Waals surface area contributed by atoms with E-state index in [4.69, 9.17) is 0 Å². The van der Waals surface area contributed by atoms with E-state index in [2.05, 4.69) is 38.7 Å². The van der Waals surface area contributed by atoms with Crippen LogP contribution in [-0.2, 0) is 13.1 Å². The summed E-state index contributed by atoms with van der Waals surface area (Å²) in [6.45, 7) is 6.08. The molecule has 0 fully saturated rings. The maximum absolute atomic E-state index is 4.23. The maximum Gasteiger partial charge on any atom is 0.133 e. The van der Waals surface area contributed by atoms with Gasteiger partial charge in [-0.2, -0.15) is 0 Å². The van der Waals surface area contributed by atoms with E-state index in [1.54, 1.807) is 6.33 Å². The minimum atomic E-state index is 0.599. The van der Waals surface area contributed by atoms with Crippen molar-refractivity contribution in [2.24, 2.45) is 5.92 Å². The molecule has 0 atom stereocenters. The summed E-state index contributed by atoms with van der Waals surface area (Å²) in [5.74, 6) is 2.31. The summed E-state index contributed by atoms with van der Waals surface area (Å²) in [7, 11) is 3.92. The Morgan fingerprint density at radius 3 is 2.80 bits per heavy atom. The Bertz CT molecular complexity index is 546. The van der Waals surface area contributed by atoms with Gasteiger partial charge in [0.1, 0.15) is 18.0 Å². The van der Waals surface area contributed by atoms with Gasteiger partial charge in [-0.05, 0) is 5.92 Å². The highest BCUT2D eigenvalue weighted by Gasteiger charge is 2.05. The second-order valence-corrected chi connectivity index (χ2v) is 5.44. The molecule has 0 unspecified atom stereocenters. The lowest BCUT2D eigenvalue weighted by atomic mass is 10.2. The molecule has 1 N–H and O–H groups in total. The number of imidazole rings is 1. The number of nitrogens with zero attached hydrogens (tertiary/aromatic N) is 5. The van der Waals surface area contributed by atoms with Crippen molar-refractivity contribution in [1.82, 2.24) is 19.5 Å². The molecule has 0 aliphatic carbocycles. The molecule has 0 aromatic carbocycles. The fourth-order valence-electron chi connectivity index (χ4n) is 1.92. The van der Waals surface area contributed by atoms with Gasteiger partial charge in [0.25, 0.3) is 0 Å². The third-order valence-corrected chi connectivity index (χ3v) is 2.92. The van der Waals surface area contributed by atoms with Gasteiger partial charge in [-0.15, -0.1) is 0 Å². The molecule has 2 heterocycles. The van der Waals surface area contributed by atoms with E-state index in [1.807, 2.05) is 37.6 Å². The van der Waals surface area contributed by atoms with E-state index in [1.165, 1.54) is 0 Å². The van der Waals surface area contributed by atoms with Crippen molar-refractivity contribution in [2.75, 3.05) is 24.3 Å². The minimum absolute atomic E-state index is 0.599. The quantitative estimate of drug-likeness (QED) is 0.873. The van der Waals surface area contributed by atoms with E-state index >= 15 is 0 Å². The molecule has 0 saturated carbocycles. The van der Waals surface area contributed by atoms with Crippen molar-refractivity contribution < 1.29 is 0 Å². The first-order chi connectivity index (χ1) is 9.56. The molecular weight excluding hydrogens is 252 g/mol. The lowest BCUT2D eigenvalue weighted by Gasteiger charge is -2.13. The van der Waals surface area contributed by atoms with Gasteiger partial charge >= 0.3 is 0 Å². The predicted octanol–water partition coefficient (Wildman–Crippen LogP) is 2.01. The van der Waals surface area contributed by atoms with Crippen LogP contribution >= 0.6 is 0 Å². The van der Waals surface area contributed by atoms with Crippen LogP contribution in [0.2, 0.25) is 0 Å². The molecular formula is C14H22N6. The fourth-order valence-corrected chi connectivity index (χ4v) is 1.92. The maximum atomic E-state index is 4.23. The van der Waals surface area contributed by atoms with E-state index in [-0.39, 0.29) is 0 Å². The summed E-state index contributed by atoms with van der Waals surface area (Å²) >= 11 is 0. The van der Waals surface area contributed by atoms with Gasteiger partial charge in [0.2, 0.25) is 0 Å². The van der Waals surface area contributed by atoms with Crippen molar-refractivity contribution in [3.63, 3.8) is 0 Å². The lowest BCUT2D eigenvalue weighted by molar-refractivity contribution is 0.511. The number of hydrogen-bond donors (Lipinski definition) is 1. The van der Waals surface area contributed by atoms with Gasteiger partial charge in [0, 0.05) is 32.9 Å². The smallest absolute Gasteiger partial charge is 0.133 e. The molecule has 0 aliphatic heterocycles. The Kier molecular flexibility index (Phi) is 4.55. The molecule has 0 spiro atoms. The molecule has 0 aliphatic rings. The fraction of sp³-hybridized carbons (Fsp3) is 0.500. The summed E-state index contributed by atoms with van der Waals surface area (Å²) in [4.78, 5) is 14.6. The van der Waals surface area contributed by atoms with E-state index in [0.717, 1.165) is 23.9 Å². The molecule has 6 nitrogen and oxygen atoms in total. The van der Waals surface area contributed by atoms with Crippen LogP contribution in [0.15, 0.2) is 24.9 Å². The largest absolute Gasteiger partial charge is 0.364 e. The van der Waals surface area contributed by atoms with Crippen molar-refractivity contribution in [3.05, 3.63) is 30.6 Å². The molecule has 2 aromatic heterocycles. The first kappa shape index (κ1) is 14.3. The monoisotopic (exact) mass is 274 g/mol. The minimum Gasteiger partial charge on any atom is -0.364 e. The number of aromatic nitrogens is 4. The van der Waals surface area contributed by atoms with Gasteiger partial charge in [0.05, 0.1) is 18.6 Å². The average Bonchev–Trinajstić information content (AvgIpc) is 2.83. The Hall–Kier alpha value is -2.11. The van der Waals surface area contributed by atoms with Gasteiger partial charge in [-0.1, -0.05) is 13.8 Å². The predicted molar refractivity (Wildman–Crippen MR) is 80.8 cm³/mol. The zero-order valence-corrected chi connectivity index (χ0v) is 12.5. The van der Waals surface area contributed by atoms with Gasteiger partial charge in [-0.3, -0.25) is 0 Å². The third-order valence-electron chi connectivity index (χ3n) is 2.92. The molecule has 0 radical (unpaired) electrons. The van der Waals surface area contributed by atoms with Gasteiger partial charge < -0.3 is 14.8 Å². The highest BCUT2D eigenvalue weighted by Crippen LogP contribution is 2.12. The Morgan fingerprint density at radius 2 is 2.10 bits per heavy atom. The number of hydrogen-bond acceptors (Lipinski definition) is 5. The van der Waals surface area contributed by atoms with Gasteiger partial charge in [0.15, 0.2) is 0 Å². The topological polar surface area (TPSA) is 58.9 Å². The number of rotatable bonds is 6. The molecule has 2 rings (SSSR count). The van der Waals surface area contributed by atoms with Crippen LogP contribution in [0.5, 0.6) is 0 Å². The van der Waals surface area contributed by atoms with Crippen LogP contribution in [0.25, 0.3) is 0 Å². The molecule has 0 amide bonds. The van der Waals surface area contributed by atoms with Crippen LogP contribution < -0.4 is 10.2 Å². The van der Waals surface area contributed by atoms with E-state index in [9.17, 15) is 0 Å². The summed E-state index contributed by atoms with van der Waals surface area (Å²) in [6.07, 6.45) is 5.34. The zero-order chi connectivity index (χ0) is 14.5. The highest BCUT2D eigenvalue weighted by atomic mass is 15.2. The number of nitrogens with one attached hydrogen (secondary N) is 1. The van der Waals surface area contributed by atoms with Crippen molar-refractivity contribution in [2.45, 2.75) is 26.9 Å².